The summed E-state index contributed by atoms with van der Waals surface area (Å²) in [4.78, 5) is 130. The van der Waals surface area contributed by atoms with Crippen LogP contribution in [0.4, 0.5) is 0 Å². The number of aliphatic hydroxyl groups is 9. The highest BCUT2D eigenvalue weighted by Crippen LogP contribution is 2.28. The Morgan fingerprint density at radius 2 is 0.788 bits per heavy atom. The largest absolute Gasteiger partial charge is 0.394 e. The van der Waals surface area contributed by atoms with Gasteiger partial charge in [-0.25, -0.2) is 0 Å². The molecule has 4 fully saturated rings. The van der Waals surface area contributed by atoms with E-state index >= 15 is 0 Å². The number of nitrogens with one attached hydrogen (secondary N) is 10. The van der Waals surface area contributed by atoms with Gasteiger partial charge in [0.1, 0.15) is 73.1 Å². The van der Waals surface area contributed by atoms with E-state index in [4.69, 9.17) is 47.4 Å². The molecule has 4 aliphatic rings. The van der Waals surface area contributed by atoms with Crippen molar-refractivity contribution >= 4 is 59.1 Å². The van der Waals surface area contributed by atoms with E-state index in [2.05, 4.69) is 53.2 Å². The fourth-order valence-corrected chi connectivity index (χ4v) is 13.2. The first-order valence-corrected chi connectivity index (χ1v) is 39.7. The van der Waals surface area contributed by atoms with E-state index in [1.807, 2.05) is 0 Å². The SMILES string of the molecule is COC1CCC(C(=O)NCCCCC(C(=O)NCCCCCC(=O)NCCOCCOC2OC(CO)C(O)C(O)C2NC(C)=O)N(CC(=O)NCCCCCC(=O)NCCOCCOC2OC(CO)C(O)C(O)C2NC(C)=O)CC(=O)NCCCCCC(=O)NCCOC(C)COC2OC(CO)C(O)C(O)C2NC(C)=O)CC1. The Morgan fingerprint density at radius 3 is 1.19 bits per heavy atom. The van der Waals surface area contributed by atoms with Crippen LogP contribution in [-0.2, 0) is 95.3 Å². The summed E-state index contributed by atoms with van der Waals surface area (Å²) in [5.41, 5.74) is 0. The monoisotopic (exact) mass is 1630 g/mol. The lowest BCUT2D eigenvalue weighted by atomic mass is 9.87. The number of hydrogen-bond acceptors (Lipinski definition) is 30. The number of carbonyl (C=O) groups excluding carboxylic acids is 10. The van der Waals surface area contributed by atoms with Crippen molar-refractivity contribution in [3.8, 4) is 0 Å². The van der Waals surface area contributed by atoms with E-state index < -0.39 is 159 Å². The quantitative estimate of drug-likeness (QED) is 0.0252. The van der Waals surface area contributed by atoms with Crippen molar-refractivity contribution in [3.63, 3.8) is 0 Å². The van der Waals surface area contributed by atoms with E-state index in [-0.39, 0.29) is 167 Å². The Morgan fingerprint density at radius 1 is 0.416 bits per heavy atom. The minimum Gasteiger partial charge on any atom is -0.394 e. The van der Waals surface area contributed by atoms with Crippen molar-refractivity contribution in [1.82, 2.24) is 58.1 Å². The standard InChI is InChI=1S/C73H131N11O29/c1-45(44-110-73-62(83-48(4)90)68(101)65(98)54(43-87)113-73)107-34-31-78-57(93)20-10-7-14-26-75-59(95)40-84(39-58(94)74-25-13-6-9-18-55(91)76-29-32-105-35-37-108-71-60(81-46(2)88)66(99)63(96)52(41-85)111-71)51(17-12-16-28-79-69(102)49-21-23-50(104-5)24-22-49)70(103)80-27-15-8-11-19-56(92)77-30-33-106-36-38-109-72-61(82-47(3)89)67(100)64(97)53(42-86)112-72/h45,49-54,60-68,71-73,85-87,96-101H,6-44H2,1-5H3,(H,74,94)(H,75,95)(H,76,91)(H,77,92)(H,78,93)(H,79,102)(H,80,103)(H,81,88)(H,82,89)(H,83,90). The number of hydrogen-bond donors (Lipinski definition) is 19. The van der Waals surface area contributed by atoms with Gasteiger partial charge in [0.25, 0.3) is 0 Å². The number of aliphatic hydroxyl groups excluding tert-OH is 9. The van der Waals surface area contributed by atoms with Crippen LogP contribution < -0.4 is 53.2 Å². The van der Waals surface area contributed by atoms with Crippen LogP contribution in [-0.4, -0.2) is 359 Å². The van der Waals surface area contributed by atoms with Crippen LogP contribution in [0.3, 0.4) is 0 Å². The second kappa shape index (κ2) is 57.1. The lowest BCUT2D eigenvalue weighted by Gasteiger charge is -2.42. The summed E-state index contributed by atoms with van der Waals surface area (Å²) in [5.74, 6) is -3.72. The van der Waals surface area contributed by atoms with Gasteiger partial charge in [-0.2, -0.15) is 0 Å². The second-order valence-electron chi connectivity index (χ2n) is 28.7. The Bertz CT molecular complexity index is 2770. The van der Waals surface area contributed by atoms with E-state index in [0.717, 1.165) is 12.8 Å². The van der Waals surface area contributed by atoms with Crippen LogP contribution in [0.1, 0.15) is 150 Å². The molecule has 3 heterocycles. The number of ether oxygens (including phenoxy) is 10. The van der Waals surface area contributed by atoms with Gasteiger partial charge < -0.3 is 146 Å². The molecule has 0 spiro atoms. The number of carbonyl (C=O) groups is 10. The van der Waals surface area contributed by atoms with Crippen molar-refractivity contribution in [2.75, 3.05) is 139 Å². The molecular formula is C73H131N11O29. The van der Waals surface area contributed by atoms with Crippen molar-refractivity contribution in [1.29, 1.82) is 0 Å². The minimum atomic E-state index is -1.47. The highest BCUT2D eigenvalue weighted by atomic mass is 16.7. The van der Waals surface area contributed by atoms with Gasteiger partial charge in [0.2, 0.25) is 59.1 Å². The number of unbranched alkanes of at least 4 members (excludes halogenated alkanes) is 7. The fourth-order valence-electron chi connectivity index (χ4n) is 13.2. The molecule has 4 rings (SSSR count). The lowest BCUT2D eigenvalue weighted by molar-refractivity contribution is -0.274. The van der Waals surface area contributed by atoms with Gasteiger partial charge >= 0.3 is 0 Å². The topological polar surface area (TPSA) is 569 Å². The number of methoxy groups -OCH3 is 1. The van der Waals surface area contributed by atoms with E-state index in [1.54, 1.807) is 14.0 Å². The minimum absolute atomic E-state index is 0.0390. The Kier molecular flexibility index (Phi) is 50.1. The van der Waals surface area contributed by atoms with Crippen molar-refractivity contribution in [2.24, 2.45) is 5.92 Å². The number of rotatable bonds is 58. The molecule has 3 saturated heterocycles. The molecule has 0 aromatic carbocycles. The van der Waals surface area contributed by atoms with Crippen LogP contribution in [0.15, 0.2) is 0 Å². The molecule has 113 heavy (non-hydrogen) atoms. The summed E-state index contributed by atoms with van der Waals surface area (Å²) in [5, 5.41) is 119. The van der Waals surface area contributed by atoms with Gasteiger partial charge in [-0.3, -0.25) is 52.8 Å². The molecular weight excluding hydrogens is 1490 g/mol. The fraction of sp³-hybridized carbons (Fsp3) is 0.863. The maximum absolute atomic E-state index is 14.4. The predicted molar refractivity (Wildman–Crippen MR) is 399 cm³/mol. The number of nitrogens with zero attached hydrogens (tertiary/aromatic N) is 1. The molecule has 17 unspecified atom stereocenters. The van der Waals surface area contributed by atoms with Crippen molar-refractivity contribution in [2.45, 2.75) is 260 Å². The Hall–Kier alpha value is -6.10. The zero-order valence-corrected chi connectivity index (χ0v) is 66.2. The smallest absolute Gasteiger partial charge is 0.237 e. The molecule has 40 heteroatoms. The first kappa shape index (κ1) is 99.3. The molecule has 0 radical (unpaired) electrons. The van der Waals surface area contributed by atoms with Gasteiger partial charge in [0.15, 0.2) is 18.9 Å². The normalized spacial score (nSPS) is 26.2. The number of amides is 10. The third-order valence-electron chi connectivity index (χ3n) is 19.4. The third-order valence-corrected chi connectivity index (χ3v) is 19.4. The molecule has 0 aromatic heterocycles. The first-order chi connectivity index (χ1) is 54.2. The second-order valence-corrected chi connectivity index (χ2v) is 28.7. The Balaban J connectivity index is 1.28. The van der Waals surface area contributed by atoms with Gasteiger partial charge in [0, 0.05) is 98.9 Å². The molecule has 652 valence electrons. The molecule has 40 nitrogen and oxygen atoms in total. The summed E-state index contributed by atoms with van der Waals surface area (Å²) in [7, 11) is 1.66. The van der Waals surface area contributed by atoms with Crippen LogP contribution in [0.5, 0.6) is 0 Å². The Labute approximate surface area is 660 Å². The maximum Gasteiger partial charge on any atom is 0.237 e. The zero-order valence-electron chi connectivity index (χ0n) is 66.2. The summed E-state index contributed by atoms with van der Waals surface area (Å²) >= 11 is 0. The van der Waals surface area contributed by atoms with Crippen LogP contribution in [0.2, 0.25) is 0 Å². The molecule has 3 aliphatic heterocycles. The van der Waals surface area contributed by atoms with Crippen molar-refractivity contribution < 1.29 is 141 Å². The summed E-state index contributed by atoms with van der Waals surface area (Å²) in [6.07, 6.45) is -6.89. The van der Waals surface area contributed by atoms with E-state index in [0.29, 0.717) is 90.0 Å². The van der Waals surface area contributed by atoms with Gasteiger partial charge in [-0.15, -0.1) is 0 Å². The van der Waals surface area contributed by atoms with E-state index in [9.17, 15) is 93.9 Å². The lowest BCUT2D eigenvalue weighted by Crippen LogP contribution is -2.64. The first-order valence-electron chi connectivity index (χ1n) is 39.7. The van der Waals surface area contributed by atoms with Crippen LogP contribution in [0, 0.1) is 5.92 Å². The molecule has 1 saturated carbocycles. The predicted octanol–water partition coefficient (Wildman–Crippen LogP) is -6.15. The van der Waals surface area contributed by atoms with Gasteiger partial charge in [0.05, 0.1) is 104 Å². The van der Waals surface area contributed by atoms with Crippen LogP contribution in [0.25, 0.3) is 0 Å². The zero-order chi connectivity index (χ0) is 83.0. The van der Waals surface area contributed by atoms with Crippen molar-refractivity contribution in [3.05, 3.63) is 0 Å². The average Bonchev–Trinajstić information content (AvgIpc) is 0.818. The van der Waals surface area contributed by atoms with Gasteiger partial charge in [-0.1, -0.05) is 19.3 Å². The molecule has 19 N–H and O–H groups in total. The molecule has 1 aliphatic carbocycles. The molecule has 17 atom stereocenters. The summed E-state index contributed by atoms with van der Waals surface area (Å²) in [6, 6.07) is -4.31. The maximum atomic E-state index is 14.4. The molecule has 0 bridgehead atoms. The van der Waals surface area contributed by atoms with Crippen LogP contribution >= 0.6 is 0 Å². The van der Waals surface area contributed by atoms with Gasteiger partial charge in [-0.05, 0) is 90.4 Å². The molecule has 10 amide bonds. The average molecular weight is 1630 g/mol. The highest BCUT2D eigenvalue weighted by molar-refractivity contribution is 5.86. The third kappa shape index (κ3) is 39.1. The summed E-state index contributed by atoms with van der Waals surface area (Å²) < 4.78 is 56.1. The molecule has 0 aromatic rings. The summed E-state index contributed by atoms with van der Waals surface area (Å²) in [6.45, 7) is 4.78. The highest BCUT2D eigenvalue weighted by Gasteiger charge is 2.48. The van der Waals surface area contributed by atoms with E-state index in [1.165, 1.54) is 25.7 Å².